The summed E-state index contributed by atoms with van der Waals surface area (Å²) >= 11 is 0. The fraction of sp³-hybridized carbons (Fsp3) is 0.615. The van der Waals surface area contributed by atoms with Gasteiger partial charge >= 0.3 is 0 Å². The van der Waals surface area contributed by atoms with Crippen LogP contribution in [0.4, 0.5) is 0 Å². The van der Waals surface area contributed by atoms with Crippen LogP contribution in [0.3, 0.4) is 0 Å². The molecular weight excluding hydrogens is 200 g/mol. The zero-order valence-electron chi connectivity index (χ0n) is 10.3. The lowest BCUT2D eigenvalue weighted by molar-refractivity contribution is 0.301. The molecule has 0 aliphatic rings. The van der Waals surface area contributed by atoms with Gasteiger partial charge in [0.25, 0.3) is 0 Å². The summed E-state index contributed by atoms with van der Waals surface area (Å²) in [5.41, 5.74) is 1.19. The lowest BCUT2D eigenvalue weighted by Gasteiger charge is -2.10. The molecule has 3 heteroatoms. The summed E-state index contributed by atoms with van der Waals surface area (Å²) in [6.07, 6.45) is 7.18. The van der Waals surface area contributed by atoms with Gasteiger partial charge in [-0.25, -0.2) is 0 Å². The molecule has 16 heavy (non-hydrogen) atoms. The van der Waals surface area contributed by atoms with Gasteiger partial charge in [-0.3, -0.25) is 4.98 Å². The van der Waals surface area contributed by atoms with Crippen molar-refractivity contribution in [2.24, 2.45) is 0 Å². The van der Waals surface area contributed by atoms with Gasteiger partial charge < -0.3 is 10.1 Å². The molecule has 0 saturated carbocycles. The summed E-state index contributed by atoms with van der Waals surface area (Å²) in [5.74, 6) is 0.916. The van der Waals surface area contributed by atoms with Crippen molar-refractivity contribution in [3.05, 3.63) is 24.0 Å². The van der Waals surface area contributed by atoms with Gasteiger partial charge in [0.15, 0.2) is 0 Å². The third kappa shape index (κ3) is 4.62. The summed E-state index contributed by atoms with van der Waals surface area (Å²) in [5, 5.41) is 3.30. The van der Waals surface area contributed by atoms with Crippen LogP contribution < -0.4 is 10.1 Å². The number of rotatable bonds is 8. The predicted molar refractivity (Wildman–Crippen MR) is 66.6 cm³/mol. The molecule has 0 saturated heterocycles. The highest BCUT2D eigenvalue weighted by Crippen LogP contribution is 2.16. The van der Waals surface area contributed by atoms with E-state index in [0.717, 1.165) is 31.9 Å². The maximum Gasteiger partial charge on any atom is 0.142 e. The highest BCUT2D eigenvalue weighted by atomic mass is 16.5. The fourth-order valence-electron chi connectivity index (χ4n) is 1.48. The Morgan fingerprint density at radius 1 is 1.31 bits per heavy atom. The van der Waals surface area contributed by atoms with Crippen LogP contribution in [0.1, 0.15) is 38.7 Å². The lowest BCUT2D eigenvalue weighted by atomic mass is 10.2. The summed E-state index contributed by atoms with van der Waals surface area (Å²) in [4.78, 5) is 4.10. The molecule has 0 amide bonds. The minimum absolute atomic E-state index is 0.790. The molecule has 3 nitrogen and oxygen atoms in total. The molecule has 1 rings (SSSR count). The Bertz CT molecular complexity index is 289. The van der Waals surface area contributed by atoms with E-state index >= 15 is 0 Å². The molecule has 0 spiro atoms. The predicted octanol–water partition coefficient (Wildman–Crippen LogP) is 2.76. The molecule has 1 aromatic rings. The molecule has 1 N–H and O–H groups in total. The second-order valence-corrected chi connectivity index (χ2v) is 3.82. The second-order valence-electron chi connectivity index (χ2n) is 3.82. The zero-order chi connectivity index (χ0) is 11.6. The van der Waals surface area contributed by atoms with Gasteiger partial charge in [-0.2, -0.15) is 0 Å². The van der Waals surface area contributed by atoms with E-state index < -0.39 is 0 Å². The monoisotopic (exact) mass is 222 g/mol. The fourth-order valence-corrected chi connectivity index (χ4v) is 1.48. The van der Waals surface area contributed by atoms with Gasteiger partial charge in [-0.15, -0.1) is 0 Å². The highest BCUT2D eigenvalue weighted by molar-refractivity contribution is 5.29. The minimum Gasteiger partial charge on any atom is -0.492 e. The molecule has 0 bridgehead atoms. The van der Waals surface area contributed by atoms with Crippen LogP contribution in [0.2, 0.25) is 0 Å². The van der Waals surface area contributed by atoms with Gasteiger partial charge in [-0.1, -0.05) is 26.7 Å². The first-order valence-electron chi connectivity index (χ1n) is 6.14. The van der Waals surface area contributed by atoms with Crippen molar-refractivity contribution in [1.82, 2.24) is 10.3 Å². The number of nitrogens with zero attached hydrogens (tertiary/aromatic N) is 1. The number of aromatic nitrogens is 1. The Morgan fingerprint density at radius 3 is 2.94 bits per heavy atom. The molecular formula is C13H22N2O. The van der Waals surface area contributed by atoms with Crippen molar-refractivity contribution in [1.29, 1.82) is 0 Å². The maximum atomic E-state index is 5.73. The first-order chi connectivity index (χ1) is 7.88. The van der Waals surface area contributed by atoms with Crippen molar-refractivity contribution < 1.29 is 4.74 Å². The zero-order valence-corrected chi connectivity index (χ0v) is 10.3. The Kier molecular flexibility index (Phi) is 6.58. The molecule has 0 atom stereocenters. The number of hydrogen-bond donors (Lipinski definition) is 1. The smallest absolute Gasteiger partial charge is 0.142 e. The minimum atomic E-state index is 0.790. The van der Waals surface area contributed by atoms with Crippen molar-refractivity contribution in [2.75, 3.05) is 13.2 Å². The Morgan fingerprint density at radius 2 is 2.19 bits per heavy atom. The van der Waals surface area contributed by atoms with Gasteiger partial charge in [0.05, 0.1) is 12.8 Å². The maximum absolute atomic E-state index is 5.73. The van der Waals surface area contributed by atoms with Crippen molar-refractivity contribution in [3.63, 3.8) is 0 Å². The number of hydrogen-bond acceptors (Lipinski definition) is 3. The van der Waals surface area contributed by atoms with Crippen molar-refractivity contribution >= 4 is 0 Å². The van der Waals surface area contributed by atoms with E-state index in [-0.39, 0.29) is 0 Å². The van der Waals surface area contributed by atoms with E-state index in [4.69, 9.17) is 4.74 Å². The molecule has 0 aliphatic heterocycles. The molecule has 90 valence electrons. The number of nitrogens with one attached hydrogen (secondary N) is 1. The van der Waals surface area contributed by atoms with Gasteiger partial charge in [0, 0.05) is 18.3 Å². The lowest BCUT2D eigenvalue weighted by Crippen LogP contribution is -2.13. The Hall–Kier alpha value is -1.09. The third-order valence-corrected chi connectivity index (χ3v) is 2.44. The third-order valence-electron chi connectivity index (χ3n) is 2.44. The normalized spacial score (nSPS) is 10.4. The van der Waals surface area contributed by atoms with Gasteiger partial charge in [0.2, 0.25) is 0 Å². The quantitative estimate of drug-likeness (QED) is 0.687. The van der Waals surface area contributed by atoms with E-state index in [1.807, 2.05) is 12.3 Å². The standard InChI is InChI=1S/C13H22N2O/c1-3-5-6-9-16-13-11-15-8-7-12(13)10-14-4-2/h7-8,11,14H,3-6,9-10H2,1-2H3. The Balaban J connectivity index is 2.43. The van der Waals surface area contributed by atoms with Crippen LogP contribution in [0.15, 0.2) is 18.5 Å². The summed E-state index contributed by atoms with van der Waals surface area (Å²) < 4.78 is 5.73. The summed E-state index contributed by atoms with van der Waals surface area (Å²) in [6, 6.07) is 2.01. The Labute approximate surface area is 98.2 Å². The van der Waals surface area contributed by atoms with E-state index in [0.29, 0.717) is 0 Å². The number of pyridine rings is 1. The van der Waals surface area contributed by atoms with Crippen molar-refractivity contribution in [3.8, 4) is 5.75 Å². The van der Waals surface area contributed by atoms with Crippen molar-refractivity contribution in [2.45, 2.75) is 39.7 Å². The molecule has 0 fully saturated rings. The van der Waals surface area contributed by atoms with E-state index in [1.165, 1.54) is 18.4 Å². The van der Waals surface area contributed by atoms with Crippen LogP contribution in [0.5, 0.6) is 5.75 Å². The van der Waals surface area contributed by atoms with Gasteiger partial charge in [-0.05, 0) is 19.0 Å². The van der Waals surface area contributed by atoms with Crippen LogP contribution >= 0.6 is 0 Å². The number of ether oxygens (including phenoxy) is 1. The topological polar surface area (TPSA) is 34.1 Å². The highest BCUT2D eigenvalue weighted by Gasteiger charge is 2.02. The first kappa shape index (κ1) is 13.0. The molecule has 0 unspecified atom stereocenters. The molecule has 1 aromatic heterocycles. The van der Waals surface area contributed by atoms with Crippen LogP contribution in [-0.4, -0.2) is 18.1 Å². The molecule has 1 heterocycles. The van der Waals surface area contributed by atoms with E-state index in [9.17, 15) is 0 Å². The molecule has 0 radical (unpaired) electrons. The SMILES string of the molecule is CCCCCOc1cnccc1CNCC. The summed E-state index contributed by atoms with van der Waals surface area (Å²) in [6.45, 7) is 6.90. The van der Waals surface area contributed by atoms with Crippen LogP contribution in [0.25, 0.3) is 0 Å². The summed E-state index contributed by atoms with van der Waals surface area (Å²) in [7, 11) is 0. The first-order valence-corrected chi connectivity index (χ1v) is 6.14. The second kappa shape index (κ2) is 8.11. The van der Waals surface area contributed by atoms with Gasteiger partial charge in [0.1, 0.15) is 5.75 Å². The van der Waals surface area contributed by atoms with E-state index in [1.54, 1.807) is 6.20 Å². The van der Waals surface area contributed by atoms with Crippen LogP contribution in [0, 0.1) is 0 Å². The molecule has 0 aliphatic carbocycles. The van der Waals surface area contributed by atoms with Crippen LogP contribution in [-0.2, 0) is 6.54 Å². The molecule has 0 aromatic carbocycles. The average molecular weight is 222 g/mol. The largest absolute Gasteiger partial charge is 0.492 e. The average Bonchev–Trinajstić information content (AvgIpc) is 2.33. The number of unbranched alkanes of at least 4 members (excludes halogenated alkanes) is 2. The van der Waals surface area contributed by atoms with E-state index in [2.05, 4.69) is 24.1 Å².